The van der Waals surface area contributed by atoms with Crippen LogP contribution in [0.2, 0.25) is 0 Å². The number of aryl methyl sites for hydroxylation is 1. The van der Waals surface area contributed by atoms with E-state index < -0.39 is 6.85 Å². The third kappa shape index (κ3) is 6.97. The Morgan fingerprint density at radius 2 is 1.09 bits per heavy atom. The molecule has 0 saturated heterocycles. The smallest absolute Gasteiger partial charge is 0.135 e. The van der Waals surface area contributed by atoms with Crippen molar-refractivity contribution >= 4 is 44.6 Å². The largest absolute Gasteiger partial charge is 0.509 e. The number of fused-ring (bicyclic) bond motifs is 4. The van der Waals surface area contributed by atoms with E-state index in [1.165, 1.54) is 55.8 Å². The summed E-state index contributed by atoms with van der Waals surface area (Å²) in [6, 6.07) is 78.4. The van der Waals surface area contributed by atoms with E-state index in [1.807, 2.05) is 59.2 Å². The molecule has 4 bridgehead atoms. The number of hydrogen-bond acceptors (Lipinski definition) is 4. The molecule has 0 fully saturated rings. The van der Waals surface area contributed by atoms with Gasteiger partial charge < -0.3 is 19.1 Å². The zero-order chi connectivity index (χ0) is 51.9. The minimum atomic E-state index is -2.40. The van der Waals surface area contributed by atoms with Gasteiger partial charge in [0.25, 0.3) is 0 Å². The van der Waals surface area contributed by atoms with Gasteiger partial charge in [0.15, 0.2) is 0 Å². The van der Waals surface area contributed by atoms with Crippen molar-refractivity contribution < 1.29 is 29.9 Å². The van der Waals surface area contributed by atoms with E-state index >= 15 is 0 Å². The van der Waals surface area contributed by atoms with E-state index in [1.54, 1.807) is 12.3 Å². The van der Waals surface area contributed by atoms with Gasteiger partial charge in [-0.1, -0.05) is 166 Å². The first-order valence-corrected chi connectivity index (χ1v) is 25.7. The summed E-state index contributed by atoms with van der Waals surface area (Å²) in [7, 11) is 0. The van der Waals surface area contributed by atoms with Crippen molar-refractivity contribution in [3.63, 3.8) is 0 Å². The van der Waals surface area contributed by atoms with E-state index in [2.05, 4.69) is 189 Å². The summed E-state index contributed by atoms with van der Waals surface area (Å²) in [6.45, 7) is 6.32. The van der Waals surface area contributed by atoms with Gasteiger partial charge in [0.2, 0.25) is 0 Å². The molecule has 2 aromatic heterocycles. The van der Waals surface area contributed by atoms with Gasteiger partial charge in [0, 0.05) is 94.7 Å². The predicted octanol–water partition coefficient (Wildman–Crippen LogP) is 17.1. The number of benzene rings is 9. The molecule has 2 atom stereocenters. The van der Waals surface area contributed by atoms with Crippen LogP contribution < -0.4 is 14.5 Å². The van der Waals surface area contributed by atoms with Crippen LogP contribution in [0.5, 0.6) is 11.5 Å². The van der Waals surface area contributed by atoms with E-state index in [0.717, 1.165) is 44.4 Å². The van der Waals surface area contributed by atoms with Crippen molar-refractivity contribution in [2.45, 2.75) is 56.7 Å². The Morgan fingerprint density at radius 1 is 0.533 bits per heavy atom. The molecule has 1 aliphatic heterocycles. The summed E-state index contributed by atoms with van der Waals surface area (Å²) in [4.78, 5) is 9.58. The van der Waals surface area contributed by atoms with E-state index in [9.17, 15) is 0 Å². The van der Waals surface area contributed by atoms with Gasteiger partial charge in [-0.3, -0.25) is 0 Å². The van der Waals surface area contributed by atoms with Crippen molar-refractivity contribution in [1.82, 2.24) is 9.55 Å². The second kappa shape index (κ2) is 17.3. The van der Waals surface area contributed by atoms with Crippen LogP contribution in [0.15, 0.2) is 206 Å². The maximum Gasteiger partial charge on any atom is 0.135 e. The summed E-state index contributed by atoms with van der Waals surface area (Å²) < 4.78 is 34.8. The number of nitrogens with zero attached hydrogens (tertiary/aromatic N) is 4. The monoisotopic (exact) mass is 1150 g/mol. The molecule has 0 N–H and O–H groups in total. The Bertz CT molecular complexity index is 4170. The minimum absolute atomic E-state index is 0. The number of aromatic nitrogens is 2. The van der Waals surface area contributed by atoms with E-state index in [0.29, 0.717) is 22.9 Å². The summed E-state index contributed by atoms with van der Waals surface area (Å²) in [5, 5.41) is 1.94. The topological polar surface area (TPSA) is 33.5 Å². The predicted molar refractivity (Wildman–Crippen MR) is 300 cm³/mol. The van der Waals surface area contributed by atoms with Crippen molar-refractivity contribution in [2.24, 2.45) is 0 Å². The molecular weight excluding hydrogens is 1100 g/mol. The summed E-state index contributed by atoms with van der Waals surface area (Å²) >= 11 is 0. The Kier molecular flexibility index (Phi) is 9.77. The van der Waals surface area contributed by atoms with Gasteiger partial charge in [-0.2, -0.15) is 12.1 Å². The number of pyridine rings is 1. The summed E-state index contributed by atoms with van der Waals surface area (Å²) in [5.74, 6) is 2.04. The normalized spacial score (nSPS) is 18.4. The van der Waals surface area contributed by atoms with E-state index in [4.69, 9.17) is 13.8 Å². The Labute approximate surface area is 457 Å². The van der Waals surface area contributed by atoms with Gasteiger partial charge in [-0.25, -0.2) is 4.98 Å². The number of ether oxygens (including phenoxy) is 1. The van der Waals surface area contributed by atoms with Crippen LogP contribution in [-0.4, -0.2) is 9.55 Å². The molecule has 0 spiro atoms. The summed E-state index contributed by atoms with van der Waals surface area (Å²) in [6.07, 6.45) is 1.69. The van der Waals surface area contributed by atoms with Gasteiger partial charge in [0.05, 0.1) is 0 Å². The van der Waals surface area contributed by atoms with Gasteiger partial charge >= 0.3 is 0 Å². The Hall–Kier alpha value is -7.98. The maximum atomic E-state index is 8.70. The standard InChI is InChI=1S/C69H51N4O.Pt/c1-42-37-63(70-40-57(42)43-31-33-44(34-32-43)69(2,3)4)73-58-27-12-11-19-48(58)49-36-35-47(39-62(49)73)74-46-18-15-17-45(38-46)71-41-72(60-29-14-13-28-59(60)71)61-30-16-26-56-66-54-24-9-10-25-55(54)68(67(56)61)65-52-22-7-5-20-50(52)64(66)51-21-6-8-23-53(51)65;/h5-37,40-41,64-66,68H,1-4H3;/q-3;/i1D3;. The molecule has 366 valence electrons. The van der Waals surface area contributed by atoms with Gasteiger partial charge in [-0.05, 0) is 109 Å². The number of hydrogen-bond donors (Lipinski definition) is 0. The van der Waals surface area contributed by atoms with Gasteiger partial charge in [0.1, 0.15) is 5.82 Å². The van der Waals surface area contributed by atoms with Crippen molar-refractivity contribution in [3.8, 4) is 28.4 Å². The molecule has 0 saturated carbocycles. The molecule has 11 aromatic rings. The van der Waals surface area contributed by atoms with Crippen molar-refractivity contribution in [2.75, 3.05) is 9.80 Å². The van der Waals surface area contributed by atoms with Crippen LogP contribution in [0.3, 0.4) is 0 Å². The zero-order valence-corrected chi connectivity index (χ0v) is 43.8. The van der Waals surface area contributed by atoms with Crippen LogP contribution in [-0.2, 0) is 26.5 Å². The van der Waals surface area contributed by atoms with Crippen LogP contribution >= 0.6 is 0 Å². The van der Waals surface area contributed by atoms with Gasteiger partial charge in [-0.15, -0.1) is 48.1 Å². The SMILES string of the molecule is [2H]C([2H])([2H])c1cc(-n2c3[c-]c(Oc4[c-]c(N5[CH-]N(c6cccc7c6C6c8ccccc8C7C7c8ccccc8C6c6ccccc67)c6ccccc65)ccc4)ccc3c3ccccc32)ncc1-c1ccc(C(C)(C)C)cc1.[Pt]. The molecule has 6 aliphatic carbocycles. The minimum Gasteiger partial charge on any atom is -0.509 e. The maximum absolute atomic E-state index is 8.70. The molecule has 75 heavy (non-hydrogen) atoms. The van der Waals surface area contributed by atoms with Crippen molar-refractivity contribution in [1.29, 1.82) is 0 Å². The average Bonchev–Trinajstić information content (AvgIpc) is 3.04. The molecule has 5 nitrogen and oxygen atoms in total. The van der Waals surface area contributed by atoms with E-state index in [-0.39, 0.29) is 55.7 Å². The van der Waals surface area contributed by atoms with Crippen LogP contribution in [0, 0.1) is 25.7 Å². The molecule has 2 unspecified atom stereocenters. The average molecular weight is 1150 g/mol. The molecule has 9 aromatic carbocycles. The molecule has 0 radical (unpaired) electrons. The Morgan fingerprint density at radius 3 is 1.77 bits per heavy atom. The molecule has 0 amide bonds. The molecule has 18 rings (SSSR count). The third-order valence-electron chi connectivity index (χ3n) is 16.3. The fourth-order valence-electron chi connectivity index (χ4n) is 13.1. The molecule has 3 heterocycles. The number of para-hydroxylation sites is 3. The fourth-order valence-corrected chi connectivity index (χ4v) is 13.1. The van der Waals surface area contributed by atoms with Crippen LogP contribution in [0.25, 0.3) is 38.8 Å². The first-order chi connectivity index (χ1) is 37.5. The van der Waals surface area contributed by atoms with Crippen LogP contribution in [0.4, 0.5) is 22.7 Å². The molecule has 6 heteroatoms. The second-order valence-electron chi connectivity index (χ2n) is 21.3. The quantitative estimate of drug-likeness (QED) is 0.155. The van der Waals surface area contributed by atoms with Crippen LogP contribution in [0.1, 0.15) is 104 Å². The third-order valence-corrected chi connectivity index (χ3v) is 16.3. The molecule has 7 aliphatic rings. The summed E-state index contributed by atoms with van der Waals surface area (Å²) in [5.41, 5.74) is 19.9. The second-order valence-corrected chi connectivity index (χ2v) is 21.3. The number of rotatable bonds is 6. The van der Waals surface area contributed by atoms with Crippen molar-refractivity contribution in [3.05, 3.63) is 281 Å². The number of anilines is 4. The fraction of sp³-hybridized carbons (Fsp3) is 0.130. The molecular formula is C69H51N4OPt-3. The zero-order valence-electron chi connectivity index (χ0n) is 44.5. The first kappa shape index (κ1) is 42.4. The first-order valence-electron chi connectivity index (χ1n) is 27.2. The Balaban J connectivity index is 0.00000552.